The molecule has 0 aliphatic carbocycles. The van der Waals surface area contributed by atoms with Crippen molar-refractivity contribution in [3.05, 3.63) is 28.8 Å². The fourth-order valence-electron chi connectivity index (χ4n) is 2.38. The zero-order valence-electron chi connectivity index (χ0n) is 13.1. The number of carboxylic acids is 1. The lowest BCUT2D eigenvalue weighted by atomic mass is 9.92. The lowest BCUT2D eigenvalue weighted by Gasteiger charge is -2.22. The first kappa shape index (κ1) is 16.0. The number of carbonyl (C=O) groups excluding carboxylic acids is 2. The van der Waals surface area contributed by atoms with Crippen molar-refractivity contribution >= 4 is 17.8 Å². The summed E-state index contributed by atoms with van der Waals surface area (Å²) in [7, 11) is 1.29. The molecule has 0 unspecified atom stereocenters. The molecule has 1 heterocycles. The number of carboxylic acid groups (broad SMARTS) is 1. The average molecular weight is 305 g/mol. The lowest BCUT2D eigenvalue weighted by molar-refractivity contribution is 0.0636. The van der Waals surface area contributed by atoms with Crippen LogP contribution in [0.2, 0.25) is 0 Å². The molecule has 0 fully saturated rings. The number of rotatable bonds is 4. The third kappa shape index (κ3) is 2.68. The average Bonchev–Trinajstić information content (AvgIpc) is 2.66. The molecule has 2 rings (SSSR count). The molecule has 22 heavy (non-hydrogen) atoms. The van der Waals surface area contributed by atoms with E-state index in [9.17, 15) is 14.4 Å². The molecule has 1 aromatic carbocycles. The topological polar surface area (TPSA) is 83.9 Å². The molecule has 0 aromatic heterocycles. The summed E-state index contributed by atoms with van der Waals surface area (Å²) >= 11 is 0. The second-order valence-corrected chi connectivity index (χ2v) is 6.45. The van der Waals surface area contributed by atoms with Crippen molar-refractivity contribution < 1.29 is 24.2 Å². The summed E-state index contributed by atoms with van der Waals surface area (Å²) in [5, 5.41) is 9.17. The third-order valence-corrected chi connectivity index (χ3v) is 3.61. The van der Waals surface area contributed by atoms with E-state index in [-0.39, 0.29) is 27.9 Å². The van der Waals surface area contributed by atoms with E-state index in [1.807, 2.05) is 20.8 Å². The predicted octanol–water partition coefficient (Wildman–Crippen LogP) is 2.43. The summed E-state index contributed by atoms with van der Waals surface area (Å²) in [6.07, 6.45) is 0.659. The van der Waals surface area contributed by atoms with Gasteiger partial charge in [-0.25, -0.2) is 4.79 Å². The quantitative estimate of drug-likeness (QED) is 0.864. The van der Waals surface area contributed by atoms with E-state index in [0.29, 0.717) is 13.0 Å². The van der Waals surface area contributed by atoms with Gasteiger partial charge in [-0.3, -0.25) is 14.5 Å². The maximum absolute atomic E-state index is 12.5. The number of fused-ring (bicyclic) bond motifs is 1. The Morgan fingerprint density at radius 2 is 1.86 bits per heavy atom. The Bertz CT molecular complexity index is 657. The van der Waals surface area contributed by atoms with Gasteiger partial charge >= 0.3 is 5.97 Å². The molecule has 0 saturated carbocycles. The molecular weight excluding hydrogens is 286 g/mol. The summed E-state index contributed by atoms with van der Waals surface area (Å²) in [6, 6.07) is 2.66. The first-order chi connectivity index (χ1) is 10.2. The summed E-state index contributed by atoms with van der Waals surface area (Å²) in [5.74, 6) is -2.15. The standard InChI is InChI=1S/C16H19NO5/c1-16(2,3)7-8-17-13(18)9-5-6-10(15(20)21)12(22-4)11(9)14(17)19/h5-6H,7-8H2,1-4H3,(H,20,21). The number of ether oxygens (including phenoxy) is 1. The summed E-state index contributed by atoms with van der Waals surface area (Å²) in [5.41, 5.74) is 0.0909. The van der Waals surface area contributed by atoms with Gasteiger partial charge in [0, 0.05) is 6.54 Å². The van der Waals surface area contributed by atoms with E-state index in [1.165, 1.54) is 19.2 Å². The van der Waals surface area contributed by atoms with Gasteiger partial charge in [0.2, 0.25) is 0 Å². The van der Waals surface area contributed by atoms with Gasteiger partial charge < -0.3 is 9.84 Å². The number of amides is 2. The molecule has 1 aliphatic rings. The van der Waals surface area contributed by atoms with Crippen LogP contribution < -0.4 is 4.74 Å². The van der Waals surface area contributed by atoms with Crippen molar-refractivity contribution in [3.8, 4) is 5.75 Å². The highest BCUT2D eigenvalue weighted by Gasteiger charge is 2.39. The van der Waals surface area contributed by atoms with Crippen LogP contribution in [0.5, 0.6) is 5.75 Å². The number of imide groups is 1. The zero-order chi connectivity index (χ0) is 16.7. The molecule has 1 aliphatic heterocycles. The largest absolute Gasteiger partial charge is 0.495 e. The van der Waals surface area contributed by atoms with E-state index in [1.54, 1.807) is 0 Å². The highest BCUT2D eigenvalue weighted by Crippen LogP contribution is 2.34. The molecule has 0 radical (unpaired) electrons. The van der Waals surface area contributed by atoms with Crippen molar-refractivity contribution in [2.45, 2.75) is 27.2 Å². The highest BCUT2D eigenvalue weighted by molar-refractivity contribution is 6.23. The Labute approximate surface area is 128 Å². The van der Waals surface area contributed by atoms with Crippen LogP contribution in [0.1, 0.15) is 58.3 Å². The van der Waals surface area contributed by atoms with Crippen molar-refractivity contribution in [1.82, 2.24) is 4.90 Å². The molecule has 118 valence electrons. The summed E-state index contributed by atoms with van der Waals surface area (Å²) in [4.78, 5) is 37.3. The van der Waals surface area contributed by atoms with E-state index in [4.69, 9.17) is 9.84 Å². The van der Waals surface area contributed by atoms with Gasteiger partial charge in [-0.05, 0) is 24.0 Å². The third-order valence-electron chi connectivity index (χ3n) is 3.61. The Hall–Kier alpha value is -2.37. The minimum Gasteiger partial charge on any atom is -0.495 e. The normalized spacial score (nSPS) is 14.3. The van der Waals surface area contributed by atoms with E-state index in [0.717, 1.165) is 4.90 Å². The fourth-order valence-corrected chi connectivity index (χ4v) is 2.38. The van der Waals surface area contributed by atoms with Gasteiger partial charge in [0.25, 0.3) is 11.8 Å². The molecule has 6 nitrogen and oxygen atoms in total. The molecule has 1 N–H and O–H groups in total. The maximum Gasteiger partial charge on any atom is 0.339 e. The highest BCUT2D eigenvalue weighted by atomic mass is 16.5. The van der Waals surface area contributed by atoms with Crippen molar-refractivity contribution in [1.29, 1.82) is 0 Å². The van der Waals surface area contributed by atoms with Gasteiger partial charge in [0.1, 0.15) is 11.3 Å². The molecular formula is C16H19NO5. The predicted molar refractivity (Wildman–Crippen MR) is 79.4 cm³/mol. The molecule has 6 heteroatoms. The first-order valence-corrected chi connectivity index (χ1v) is 6.98. The maximum atomic E-state index is 12.5. The smallest absolute Gasteiger partial charge is 0.339 e. The number of carbonyl (C=O) groups is 3. The van der Waals surface area contributed by atoms with E-state index < -0.39 is 17.8 Å². The number of benzene rings is 1. The van der Waals surface area contributed by atoms with Crippen LogP contribution >= 0.6 is 0 Å². The molecule has 0 bridgehead atoms. The van der Waals surface area contributed by atoms with Gasteiger partial charge in [-0.15, -0.1) is 0 Å². The lowest BCUT2D eigenvalue weighted by Crippen LogP contribution is -2.32. The van der Waals surface area contributed by atoms with Crippen molar-refractivity contribution in [2.75, 3.05) is 13.7 Å². The van der Waals surface area contributed by atoms with Gasteiger partial charge in [0.15, 0.2) is 0 Å². The number of hydrogen-bond acceptors (Lipinski definition) is 4. The molecule has 2 amide bonds. The van der Waals surface area contributed by atoms with Crippen LogP contribution in [0, 0.1) is 5.41 Å². The van der Waals surface area contributed by atoms with E-state index in [2.05, 4.69) is 0 Å². The van der Waals surface area contributed by atoms with Crippen LogP contribution in [-0.2, 0) is 0 Å². The van der Waals surface area contributed by atoms with Crippen molar-refractivity contribution in [3.63, 3.8) is 0 Å². The van der Waals surface area contributed by atoms with Crippen LogP contribution in [-0.4, -0.2) is 41.4 Å². The SMILES string of the molecule is COc1c(C(=O)O)ccc2c1C(=O)N(CCC(C)(C)C)C2=O. The molecule has 0 spiro atoms. The van der Waals surface area contributed by atoms with Gasteiger partial charge in [-0.1, -0.05) is 20.8 Å². The first-order valence-electron chi connectivity index (χ1n) is 6.98. The Kier molecular flexibility index (Phi) is 3.96. The molecule has 1 aromatic rings. The minimum absolute atomic E-state index is 0.0222. The number of aromatic carboxylic acids is 1. The van der Waals surface area contributed by atoms with E-state index >= 15 is 0 Å². The number of hydrogen-bond donors (Lipinski definition) is 1. The van der Waals surface area contributed by atoms with Gasteiger partial charge in [-0.2, -0.15) is 0 Å². The Morgan fingerprint density at radius 1 is 1.23 bits per heavy atom. The van der Waals surface area contributed by atoms with Crippen LogP contribution in [0.3, 0.4) is 0 Å². The van der Waals surface area contributed by atoms with Crippen LogP contribution in [0.25, 0.3) is 0 Å². The zero-order valence-corrected chi connectivity index (χ0v) is 13.1. The number of methoxy groups -OCH3 is 1. The molecule has 0 atom stereocenters. The van der Waals surface area contributed by atoms with Crippen molar-refractivity contribution in [2.24, 2.45) is 5.41 Å². The summed E-state index contributed by atoms with van der Waals surface area (Å²) < 4.78 is 5.08. The van der Waals surface area contributed by atoms with Gasteiger partial charge in [0.05, 0.1) is 18.2 Å². The second kappa shape index (κ2) is 5.44. The number of nitrogens with zero attached hydrogens (tertiary/aromatic N) is 1. The van der Waals surface area contributed by atoms with Crippen LogP contribution in [0.4, 0.5) is 0 Å². The van der Waals surface area contributed by atoms with Crippen LogP contribution in [0.15, 0.2) is 12.1 Å². The Morgan fingerprint density at radius 3 is 2.36 bits per heavy atom. The minimum atomic E-state index is -1.20. The Balaban J connectivity index is 2.44. The summed E-state index contributed by atoms with van der Waals surface area (Å²) in [6.45, 7) is 6.36. The molecule has 0 saturated heterocycles. The second-order valence-electron chi connectivity index (χ2n) is 6.45. The monoisotopic (exact) mass is 305 g/mol. The fraction of sp³-hybridized carbons (Fsp3) is 0.438.